The summed E-state index contributed by atoms with van der Waals surface area (Å²) in [5.74, 6) is 0. The van der Waals surface area contributed by atoms with E-state index >= 15 is 0 Å². The molecule has 1 heteroatoms. The van der Waals surface area contributed by atoms with Crippen LogP contribution in [-0.4, -0.2) is 5.54 Å². The lowest BCUT2D eigenvalue weighted by Gasteiger charge is -2.32. The van der Waals surface area contributed by atoms with E-state index in [9.17, 15) is 0 Å². The number of anilines is 1. The van der Waals surface area contributed by atoms with Gasteiger partial charge < -0.3 is 5.32 Å². The third kappa shape index (κ3) is 2.87. The molecule has 0 saturated carbocycles. The smallest absolute Gasteiger partial charge is 0.0506 e. The Balaban J connectivity index is 2.08. The van der Waals surface area contributed by atoms with E-state index in [0.29, 0.717) is 0 Å². The van der Waals surface area contributed by atoms with E-state index in [0.717, 1.165) is 6.42 Å². The molecule has 0 bridgehead atoms. The summed E-state index contributed by atoms with van der Waals surface area (Å²) < 4.78 is 0. The van der Waals surface area contributed by atoms with E-state index in [-0.39, 0.29) is 5.54 Å². The van der Waals surface area contributed by atoms with Crippen LogP contribution in [0.25, 0.3) is 16.7 Å². The second-order valence-corrected chi connectivity index (χ2v) is 6.39. The molecule has 0 radical (unpaired) electrons. The Morgan fingerprint density at radius 1 is 0.952 bits per heavy atom. The van der Waals surface area contributed by atoms with Crippen LogP contribution in [0.4, 0.5) is 5.69 Å². The maximum absolute atomic E-state index is 3.63. The molecule has 2 aromatic rings. The lowest BCUT2D eigenvalue weighted by atomic mass is 9.87. The highest BCUT2D eigenvalue weighted by Gasteiger charge is 2.23. The highest BCUT2D eigenvalue weighted by molar-refractivity contribution is 5.84. The maximum Gasteiger partial charge on any atom is 0.0506 e. The zero-order chi connectivity index (χ0) is 14.9. The van der Waals surface area contributed by atoms with Crippen LogP contribution in [0.2, 0.25) is 0 Å². The summed E-state index contributed by atoms with van der Waals surface area (Å²) in [4.78, 5) is 0. The van der Waals surface area contributed by atoms with Crippen molar-refractivity contribution in [1.82, 2.24) is 0 Å². The molecule has 1 heterocycles. The van der Waals surface area contributed by atoms with Gasteiger partial charge in [0.15, 0.2) is 0 Å². The zero-order valence-corrected chi connectivity index (χ0v) is 13.1. The number of fused-ring (bicyclic) bond motifs is 1. The highest BCUT2D eigenvalue weighted by atomic mass is 15.0. The number of rotatable bonds is 3. The minimum absolute atomic E-state index is 0.0335. The van der Waals surface area contributed by atoms with E-state index in [1.807, 2.05) is 0 Å². The second-order valence-electron chi connectivity index (χ2n) is 6.39. The molecule has 3 rings (SSSR count). The Morgan fingerprint density at radius 3 is 2.43 bits per heavy atom. The van der Waals surface area contributed by atoms with Crippen molar-refractivity contribution in [3.05, 3.63) is 60.2 Å². The van der Waals surface area contributed by atoms with Gasteiger partial charge in [0, 0.05) is 11.3 Å². The van der Waals surface area contributed by atoms with Gasteiger partial charge in [0.1, 0.15) is 0 Å². The topological polar surface area (TPSA) is 12.0 Å². The lowest BCUT2D eigenvalue weighted by Crippen LogP contribution is -2.31. The van der Waals surface area contributed by atoms with Crippen LogP contribution in [0.15, 0.2) is 54.6 Å². The molecule has 0 amide bonds. The van der Waals surface area contributed by atoms with Crippen molar-refractivity contribution in [3.63, 3.8) is 0 Å². The van der Waals surface area contributed by atoms with Gasteiger partial charge in [-0.2, -0.15) is 0 Å². The highest BCUT2D eigenvalue weighted by Crippen LogP contribution is 2.38. The molecule has 0 spiro atoms. The molecule has 2 aromatic carbocycles. The SMILES string of the molecule is CCCC1=CC(C)(C)Nc2ccc(-c3ccccc3)cc21. The third-order valence-electron chi connectivity index (χ3n) is 3.98. The van der Waals surface area contributed by atoms with Gasteiger partial charge in [0.2, 0.25) is 0 Å². The van der Waals surface area contributed by atoms with Gasteiger partial charge in [-0.05, 0) is 49.1 Å². The minimum Gasteiger partial charge on any atom is -0.376 e. The van der Waals surface area contributed by atoms with Crippen LogP contribution in [0.5, 0.6) is 0 Å². The number of allylic oxidation sites excluding steroid dienone is 1. The molecule has 0 aromatic heterocycles. The predicted molar refractivity (Wildman–Crippen MR) is 92.5 cm³/mol. The average molecular weight is 277 g/mol. The van der Waals surface area contributed by atoms with E-state index in [1.54, 1.807) is 0 Å². The Labute approximate surface area is 127 Å². The molecule has 1 aliphatic rings. The molecule has 0 aliphatic carbocycles. The summed E-state index contributed by atoms with van der Waals surface area (Å²) in [6.45, 7) is 6.71. The van der Waals surface area contributed by atoms with Crippen LogP contribution in [-0.2, 0) is 0 Å². The van der Waals surface area contributed by atoms with Crippen molar-refractivity contribution in [2.24, 2.45) is 0 Å². The van der Waals surface area contributed by atoms with Gasteiger partial charge >= 0.3 is 0 Å². The van der Waals surface area contributed by atoms with Gasteiger partial charge in [-0.3, -0.25) is 0 Å². The molecule has 1 aliphatic heterocycles. The molecular weight excluding hydrogens is 254 g/mol. The second kappa shape index (κ2) is 5.40. The number of hydrogen-bond acceptors (Lipinski definition) is 1. The molecule has 1 nitrogen and oxygen atoms in total. The van der Waals surface area contributed by atoms with E-state index in [4.69, 9.17) is 0 Å². The van der Waals surface area contributed by atoms with Gasteiger partial charge in [-0.1, -0.05) is 55.8 Å². The van der Waals surface area contributed by atoms with E-state index in [1.165, 1.54) is 34.4 Å². The van der Waals surface area contributed by atoms with Crippen molar-refractivity contribution in [3.8, 4) is 11.1 Å². The Bertz CT molecular complexity index is 665. The molecule has 0 fully saturated rings. The first-order valence-corrected chi connectivity index (χ1v) is 7.79. The average Bonchev–Trinajstić information content (AvgIpc) is 2.47. The summed E-state index contributed by atoms with van der Waals surface area (Å²) >= 11 is 0. The lowest BCUT2D eigenvalue weighted by molar-refractivity contribution is 0.703. The van der Waals surface area contributed by atoms with Crippen LogP contribution >= 0.6 is 0 Å². The fourth-order valence-corrected chi connectivity index (χ4v) is 3.10. The first-order valence-electron chi connectivity index (χ1n) is 7.79. The molecule has 0 atom stereocenters. The fraction of sp³-hybridized carbons (Fsp3) is 0.300. The van der Waals surface area contributed by atoms with Crippen molar-refractivity contribution >= 4 is 11.3 Å². The standard InChI is InChI=1S/C20H23N/c1-4-8-17-14-20(2,3)21-19-12-11-16(13-18(17)19)15-9-6-5-7-10-15/h5-7,9-14,21H,4,8H2,1-3H3. The van der Waals surface area contributed by atoms with Gasteiger partial charge in [0.05, 0.1) is 5.54 Å². The summed E-state index contributed by atoms with van der Waals surface area (Å²) in [6, 6.07) is 17.4. The Kier molecular flexibility index (Phi) is 3.59. The first kappa shape index (κ1) is 13.9. The predicted octanol–water partition coefficient (Wildman–Crippen LogP) is 5.74. The van der Waals surface area contributed by atoms with Crippen molar-refractivity contribution in [2.45, 2.75) is 39.2 Å². The minimum atomic E-state index is 0.0335. The largest absolute Gasteiger partial charge is 0.376 e. The Hall–Kier alpha value is -2.02. The van der Waals surface area contributed by atoms with Gasteiger partial charge in [-0.25, -0.2) is 0 Å². The van der Waals surface area contributed by atoms with Crippen LogP contribution in [0.3, 0.4) is 0 Å². The van der Waals surface area contributed by atoms with Crippen LogP contribution in [0.1, 0.15) is 39.2 Å². The summed E-state index contributed by atoms with van der Waals surface area (Å²) in [5, 5.41) is 3.63. The first-order chi connectivity index (χ1) is 10.1. The van der Waals surface area contributed by atoms with E-state index in [2.05, 4.69) is 80.7 Å². The van der Waals surface area contributed by atoms with Crippen molar-refractivity contribution < 1.29 is 0 Å². The van der Waals surface area contributed by atoms with Crippen LogP contribution < -0.4 is 5.32 Å². The molecular formula is C20H23N. The zero-order valence-electron chi connectivity index (χ0n) is 13.1. The molecule has 1 N–H and O–H groups in total. The molecule has 0 saturated heterocycles. The fourth-order valence-electron chi connectivity index (χ4n) is 3.10. The van der Waals surface area contributed by atoms with Gasteiger partial charge in [0.25, 0.3) is 0 Å². The maximum atomic E-state index is 3.63. The third-order valence-corrected chi connectivity index (χ3v) is 3.98. The van der Waals surface area contributed by atoms with Crippen LogP contribution in [0, 0.1) is 0 Å². The normalized spacial score (nSPS) is 15.9. The quantitative estimate of drug-likeness (QED) is 0.754. The summed E-state index contributed by atoms with van der Waals surface area (Å²) in [5.41, 5.74) is 6.68. The molecule has 0 unspecified atom stereocenters. The molecule has 108 valence electrons. The number of hydrogen-bond donors (Lipinski definition) is 1. The van der Waals surface area contributed by atoms with E-state index < -0.39 is 0 Å². The monoisotopic (exact) mass is 277 g/mol. The number of nitrogens with one attached hydrogen (secondary N) is 1. The number of benzene rings is 2. The summed E-state index contributed by atoms with van der Waals surface area (Å²) in [6.07, 6.45) is 4.70. The molecule has 21 heavy (non-hydrogen) atoms. The van der Waals surface area contributed by atoms with Crippen molar-refractivity contribution in [2.75, 3.05) is 5.32 Å². The summed E-state index contributed by atoms with van der Waals surface area (Å²) in [7, 11) is 0. The van der Waals surface area contributed by atoms with Gasteiger partial charge in [-0.15, -0.1) is 0 Å². The van der Waals surface area contributed by atoms with Crippen molar-refractivity contribution in [1.29, 1.82) is 0 Å². The Morgan fingerprint density at radius 2 is 1.71 bits per heavy atom.